The lowest BCUT2D eigenvalue weighted by Crippen LogP contribution is -2.12. The van der Waals surface area contributed by atoms with Crippen molar-refractivity contribution < 1.29 is 14.9 Å². The minimum absolute atomic E-state index is 0.120. The summed E-state index contributed by atoms with van der Waals surface area (Å²) in [5, 5.41) is 8.03. The fourth-order valence-electron chi connectivity index (χ4n) is 1.01. The fourth-order valence-corrected chi connectivity index (χ4v) is 1.01. The van der Waals surface area contributed by atoms with E-state index in [4.69, 9.17) is 5.26 Å². The molecule has 64 valence electrons. The van der Waals surface area contributed by atoms with E-state index in [1.807, 2.05) is 13.8 Å². The Labute approximate surface area is 66.6 Å². The lowest BCUT2D eigenvalue weighted by Gasteiger charge is -2.11. The van der Waals surface area contributed by atoms with Crippen LogP contribution in [0.5, 0.6) is 0 Å². The van der Waals surface area contributed by atoms with Gasteiger partial charge in [0, 0.05) is 5.57 Å². The lowest BCUT2D eigenvalue weighted by molar-refractivity contribution is -0.230. The summed E-state index contributed by atoms with van der Waals surface area (Å²) in [6, 6.07) is 0. The highest BCUT2D eigenvalue weighted by atomic mass is 17.1. The van der Waals surface area contributed by atoms with E-state index in [1.165, 1.54) is 0 Å². The Kier molecular flexibility index (Phi) is 4.54. The van der Waals surface area contributed by atoms with E-state index in [0.29, 0.717) is 5.57 Å². The topological polar surface area (TPSA) is 46.5 Å². The van der Waals surface area contributed by atoms with Crippen molar-refractivity contribution >= 4 is 5.97 Å². The quantitative estimate of drug-likeness (QED) is 0.386. The first kappa shape index (κ1) is 10.2. The summed E-state index contributed by atoms with van der Waals surface area (Å²) >= 11 is 0. The van der Waals surface area contributed by atoms with Gasteiger partial charge >= 0.3 is 5.97 Å². The van der Waals surface area contributed by atoms with Crippen molar-refractivity contribution in [3.05, 3.63) is 12.2 Å². The zero-order valence-corrected chi connectivity index (χ0v) is 6.96. The summed E-state index contributed by atoms with van der Waals surface area (Å²) in [6.45, 7) is 7.46. The Morgan fingerprint density at radius 2 is 2.00 bits per heavy atom. The summed E-state index contributed by atoms with van der Waals surface area (Å²) in [6.07, 6.45) is 1.68. The van der Waals surface area contributed by atoms with Crippen molar-refractivity contribution in [3.8, 4) is 0 Å². The maximum Gasteiger partial charge on any atom is 0.368 e. The molecular weight excluding hydrogens is 144 g/mol. The van der Waals surface area contributed by atoms with Crippen LogP contribution in [0, 0.1) is 5.92 Å². The average Bonchev–Trinajstić information content (AvgIpc) is 2.05. The lowest BCUT2D eigenvalue weighted by atomic mass is 9.95. The van der Waals surface area contributed by atoms with Gasteiger partial charge in [-0.3, -0.25) is 4.89 Å². The van der Waals surface area contributed by atoms with Crippen LogP contribution < -0.4 is 0 Å². The summed E-state index contributed by atoms with van der Waals surface area (Å²) in [7, 11) is 0. The van der Waals surface area contributed by atoms with E-state index in [1.54, 1.807) is 0 Å². The molecule has 0 aromatic carbocycles. The van der Waals surface area contributed by atoms with Crippen LogP contribution in [0.25, 0.3) is 0 Å². The van der Waals surface area contributed by atoms with Gasteiger partial charge in [0.15, 0.2) is 0 Å². The monoisotopic (exact) mass is 158 g/mol. The maximum atomic E-state index is 10.7. The second-order valence-corrected chi connectivity index (χ2v) is 2.42. The van der Waals surface area contributed by atoms with Crippen molar-refractivity contribution in [1.29, 1.82) is 0 Å². The first-order valence-electron chi connectivity index (χ1n) is 3.71. The summed E-state index contributed by atoms with van der Waals surface area (Å²) in [5.41, 5.74) is 0.345. The molecule has 0 fully saturated rings. The normalized spacial score (nSPS) is 9.82. The zero-order chi connectivity index (χ0) is 8.85. The number of carbonyl (C=O) groups excluding carboxylic acids is 1. The van der Waals surface area contributed by atoms with Crippen LogP contribution in [-0.2, 0) is 9.68 Å². The third-order valence-corrected chi connectivity index (χ3v) is 1.82. The predicted octanol–water partition coefficient (Wildman–Crippen LogP) is 1.99. The molecule has 0 atom stereocenters. The van der Waals surface area contributed by atoms with Crippen LogP contribution in [0.3, 0.4) is 0 Å². The van der Waals surface area contributed by atoms with Gasteiger partial charge in [-0.1, -0.05) is 20.4 Å². The molecule has 0 aliphatic carbocycles. The van der Waals surface area contributed by atoms with Crippen LogP contribution in [0.4, 0.5) is 0 Å². The highest BCUT2D eigenvalue weighted by molar-refractivity contribution is 5.87. The Morgan fingerprint density at radius 3 is 2.27 bits per heavy atom. The fraction of sp³-hybridized carbons (Fsp3) is 0.625. The van der Waals surface area contributed by atoms with Crippen LogP contribution in [0.2, 0.25) is 0 Å². The van der Waals surface area contributed by atoms with E-state index in [-0.39, 0.29) is 5.92 Å². The molecule has 0 aromatic rings. The maximum absolute atomic E-state index is 10.7. The van der Waals surface area contributed by atoms with Crippen LogP contribution in [0.1, 0.15) is 26.7 Å². The highest BCUT2D eigenvalue weighted by Gasteiger charge is 2.16. The Hall–Kier alpha value is -0.830. The second kappa shape index (κ2) is 4.91. The Morgan fingerprint density at radius 1 is 1.55 bits per heavy atom. The molecule has 0 amide bonds. The molecule has 0 aromatic heterocycles. The van der Waals surface area contributed by atoms with Crippen LogP contribution in [-0.4, -0.2) is 11.2 Å². The molecule has 0 unspecified atom stereocenters. The Bertz CT molecular complexity index is 147. The second-order valence-electron chi connectivity index (χ2n) is 2.42. The van der Waals surface area contributed by atoms with Gasteiger partial charge in [0.05, 0.1) is 0 Å². The van der Waals surface area contributed by atoms with Gasteiger partial charge in [-0.15, -0.1) is 0 Å². The van der Waals surface area contributed by atoms with E-state index in [0.717, 1.165) is 12.8 Å². The molecule has 0 aliphatic rings. The standard InChI is InChI=1S/C8H14O3/c1-4-7(5-2)6(3)8(9)11-10/h7,10H,3-5H2,1-2H3. The molecule has 0 saturated heterocycles. The first-order chi connectivity index (χ1) is 5.17. The molecule has 0 rings (SSSR count). The molecule has 0 bridgehead atoms. The van der Waals surface area contributed by atoms with E-state index in [9.17, 15) is 4.79 Å². The minimum Gasteiger partial charge on any atom is -0.296 e. The first-order valence-corrected chi connectivity index (χ1v) is 3.71. The Balaban J connectivity index is 4.09. The number of rotatable bonds is 4. The van der Waals surface area contributed by atoms with E-state index < -0.39 is 5.97 Å². The molecule has 0 radical (unpaired) electrons. The van der Waals surface area contributed by atoms with Crippen molar-refractivity contribution in [2.75, 3.05) is 0 Å². The van der Waals surface area contributed by atoms with E-state index >= 15 is 0 Å². The molecule has 0 saturated carbocycles. The number of carbonyl (C=O) groups is 1. The smallest absolute Gasteiger partial charge is 0.296 e. The summed E-state index contributed by atoms with van der Waals surface area (Å²) in [5.74, 6) is -0.603. The molecule has 3 heteroatoms. The third kappa shape index (κ3) is 2.72. The molecular formula is C8H14O3. The molecule has 0 spiro atoms. The van der Waals surface area contributed by atoms with Crippen molar-refractivity contribution in [3.63, 3.8) is 0 Å². The summed E-state index contributed by atoms with van der Waals surface area (Å²) < 4.78 is 0. The largest absolute Gasteiger partial charge is 0.368 e. The van der Waals surface area contributed by atoms with Gasteiger partial charge < -0.3 is 0 Å². The molecule has 11 heavy (non-hydrogen) atoms. The van der Waals surface area contributed by atoms with Gasteiger partial charge in [-0.05, 0) is 18.8 Å². The van der Waals surface area contributed by atoms with Gasteiger partial charge in [0.1, 0.15) is 0 Å². The molecule has 1 N–H and O–H groups in total. The van der Waals surface area contributed by atoms with Crippen molar-refractivity contribution in [1.82, 2.24) is 0 Å². The minimum atomic E-state index is -0.723. The SMILES string of the molecule is C=C(C(=O)OO)C(CC)CC. The zero-order valence-electron chi connectivity index (χ0n) is 6.96. The van der Waals surface area contributed by atoms with Gasteiger partial charge in [-0.25, -0.2) is 4.79 Å². The summed E-state index contributed by atoms with van der Waals surface area (Å²) in [4.78, 5) is 14.3. The van der Waals surface area contributed by atoms with E-state index in [2.05, 4.69) is 11.5 Å². The van der Waals surface area contributed by atoms with Crippen molar-refractivity contribution in [2.24, 2.45) is 5.92 Å². The van der Waals surface area contributed by atoms with Crippen molar-refractivity contribution in [2.45, 2.75) is 26.7 Å². The van der Waals surface area contributed by atoms with Crippen LogP contribution in [0.15, 0.2) is 12.2 Å². The number of hydrogen-bond acceptors (Lipinski definition) is 3. The van der Waals surface area contributed by atoms with Gasteiger partial charge in [-0.2, -0.15) is 5.26 Å². The van der Waals surface area contributed by atoms with Gasteiger partial charge in [0.25, 0.3) is 0 Å². The highest BCUT2D eigenvalue weighted by Crippen LogP contribution is 2.17. The predicted molar refractivity (Wildman–Crippen MR) is 41.9 cm³/mol. The molecule has 0 aliphatic heterocycles. The average molecular weight is 158 g/mol. The van der Waals surface area contributed by atoms with Gasteiger partial charge in [0.2, 0.25) is 0 Å². The van der Waals surface area contributed by atoms with Crippen LogP contribution >= 0.6 is 0 Å². The molecule has 0 heterocycles. The third-order valence-electron chi connectivity index (χ3n) is 1.82. The number of hydrogen-bond donors (Lipinski definition) is 1. The molecule has 3 nitrogen and oxygen atoms in total.